The number of esters is 4. The van der Waals surface area contributed by atoms with Gasteiger partial charge in [-0.3, -0.25) is 4.79 Å². The van der Waals surface area contributed by atoms with E-state index in [4.69, 9.17) is 37.9 Å². The van der Waals surface area contributed by atoms with Crippen molar-refractivity contribution in [2.75, 3.05) is 27.6 Å². The first-order valence-electron chi connectivity index (χ1n) is 13.2. The molecule has 0 aromatic heterocycles. The Bertz CT molecular complexity index is 1440. The normalized spacial score (nSPS) is 33.2. The first kappa shape index (κ1) is 29.4. The highest BCUT2D eigenvalue weighted by atomic mass is 16.7. The lowest BCUT2D eigenvalue weighted by atomic mass is 9.56. The van der Waals surface area contributed by atoms with Gasteiger partial charge in [0.25, 0.3) is 5.79 Å². The molecule has 1 aromatic carbocycles. The molecule has 0 unspecified atom stereocenters. The molecule has 1 aromatic rings. The fourth-order valence-electron chi connectivity index (χ4n) is 6.25. The maximum Gasteiger partial charge on any atom is 0.367 e. The summed E-state index contributed by atoms with van der Waals surface area (Å²) in [4.78, 5) is 52.3. The molecule has 13 nitrogen and oxygen atoms in total. The lowest BCUT2D eigenvalue weighted by molar-refractivity contribution is -0.338. The zero-order chi connectivity index (χ0) is 30.8. The lowest BCUT2D eigenvalue weighted by Crippen LogP contribution is -2.75. The van der Waals surface area contributed by atoms with Crippen LogP contribution in [0.2, 0.25) is 0 Å². The second kappa shape index (κ2) is 10.0. The molecule has 1 N–H and O–H groups in total. The molecule has 42 heavy (non-hydrogen) atoms. The van der Waals surface area contributed by atoms with Gasteiger partial charge in [0.05, 0.1) is 14.2 Å². The van der Waals surface area contributed by atoms with Gasteiger partial charge >= 0.3 is 23.9 Å². The number of benzene rings is 1. The maximum absolute atomic E-state index is 13.6. The van der Waals surface area contributed by atoms with Gasteiger partial charge in [-0.25, -0.2) is 14.4 Å². The van der Waals surface area contributed by atoms with Crippen molar-refractivity contribution < 1.29 is 62.2 Å². The number of carbonyl (C=O) groups is 4. The van der Waals surface area contributed by atoms with Crippen LogP contribution in [0, 0.1) is 5.92 Å². The van der Waals surface area contributed by atoms with E-state index in [2.05, 4.69) is 0 Å². The van der Waals surface area contributed by atoms with Gasteiger partial charge in [0.15, 0.2) is 17.6 Å². The number of allylic oxidation sites excluding steroid dienone is 1. The molecule has 2 bridgehead atoms. The molecule has 1 aliphatic carbocycles. The minimum Gasteiger partial charge on any atom is -0.488 e. The molecule has 226 valence electrons. The van der Waals surface area contributed by atoms with E-state index in [-0.39, 0.29) is 40.8 Å². The molecule has 4 aliphatic heterocycles. The van der Waals surface area contributed by atoms with E-state index in [9.17, 15) is 24.3 Å². The number of methoxy groups -OCH3 is 2. The molecule has 6 atom stereocenters. The summed E-state index contributed by atoms with van der Waals surface area (Å²) < 4.78 is 45.7. The zero-order valence-corrected chi connectivity index (χ0v) is 24.2. The third-order valence-electron chi connectivity index (χ3n) is 8.63. The summed E-state index contributed by atoms with van der Waals surface area (Å²) in [6.45, 7) is 6.88. The molecule has 0 saturated carbocycles. The van der Waals surface area contributed by atoms with Gasteiger partial charge in [-0.15, -0.1) is 0 Å². The molecule has 1 fully saturated rings. The smallest absolute Gasteiger partial charge is 0.367 e. The van der Waals surface area contributed by atoms with Crippen LogP contribution in [-0.4, -0.2) is 74.1 Å². The fraction of sp³-hybridized carbons (Fsp3) is 0.517. The highest BCUT2D eigenvalue weighted by Gasteiger charge is 2.77. The quantitative estimate of drug-likeness (QED) is 0.302. The Hall–Kier alpha value is -4.10. The number of aliphatic hydroxyl groups is 1. The molecule has 13 heteroatoms. The maximum atomic E-state index is 13.6. The average Bonchev–Trinajstić information content (AvgIpc) is 3.60. The predicted octanol–water partition coefficient (Wildman–Crippen LogP) is 1.93. The van der Waals surface area contributed by atoms with E-state index in [0.717, 1.165) is 20.3 Å². The van der Waals surface area contributed by atoms with E-state index < -0.39 is 65.4 Å². The van der Waals surface area contributed by atoms with E-state index in [0.29, 0.717) is 5.56 Å². The molecular formula is C29H32O13. The van der Waals surface area contributed by atoms with Crippen molar-refractivity contribution in [1.29, 1.82) is 0 Å². The van der Waals surface area contributed by atoms with E-state index in [1.807, 2.05) is 0 Å². The van der Waals surface area contributed by atoms with Gasteiger partial charge in [0.2, 0.25) is 12.5 Å². The summed E-state index contributed by atoms with van der Waals surface area (Å²) in [5.41, 5.74) is -3.32. The number of rotatable bonds is 5. The van der Waals surface area contributed by atoms with Crippen molar-refractivity contribution in [2.45, 2.75) is 63.6 Å². The predicted molar refractivity (Wildman–Crippen MR) is 139 cm³/mol. The van der Waals surface area contributed by atoms with Gasteiger partial charge < -0.3 is 43.0 Å². The van der Waals surface area contributed by atoms with Gasteiger partial charge in [-0.1, -0.05) is 13.0 Å². The van der Waals surface area contributed by atoms with Crippen molar-refractivity contribution in [2.24, 2.45) is 5.92 Å². The van der Waals surface area contributed by atoms with E-state index in [1.165, 1.54) is 26.8 Å². The van der Waals surface area contributed by atoms with Crippen LogP contribution < -0.4 is 14.2 Å². The standard InChI is InChI=1S/C29H32O13/c1-8-13(2)25(32)41-24-17(10-19(31)35-6)28-11-37-23-20(28)16(9-18-22(23)39-12-38-18)21(40-15(4)30)14(3)27(24,5)42-29(28,34)26(33)36-7/h8-10,14,21,24,34H,11-12H2,1-7H3/b13-8-,17-10?/t14-,21+,24-,27-,28-,29+/m0/s1. The molecular weight excluding hydrogens is 556 g/mol. The van der Waals surface area contributed by atoms with E-state index in [1.54, 1.807) is 19.9 Å². The van der Waals surface area contributed by atoms with Gasteiger partial charge in [-0.2, -0.15) is 0 Å². The monoisotopic (exact) mass is 588 g/mol. The minimum atomic E-state index is -2.85. The van der Waals surface area contributed by atoms with Crippen LogP contribution in [0.1, 0.15) is 51.8 Å². The van der Waals surface area contributed by atoms with Crippen molar-refractivity contribution in [3.05, 3.63) is 40.5 Å². The van der Waals surface area contributed by atoms with Crippen LogP contribution in [0.3, 0.4) is 0 Å². The van der Waals surface area contributed by atoms with Crippen LogP contribution in [0.4, 0.5) is 0 Å². The summed E-state index contributed by atoms with van der Waals surface area (Å²) in [6.07, 6.45) is 0.0495. The average molecular weight is 589 g/mol. The summed E-state index contributed by atoms with van der Waals surface area (Å²) in [6, 6.07) is 1.57. The van der Waals surface area contributed by atoms with Crippen LogP contribution in [0.15, 0.2) is 29.4 Å². The lowest BCUT2D eigenvalue weighted by Gasteiger charge is -2.59. The van der Waals surface area contributed by atoms with Gasteiger partial charge in [-0.05, 0) is 26.8 Å². The summed E-state index contributed by atoms with van der Waals surface area (Å²) in [5.74, 6) is -6.78. The first-order chi connectivity index (χ1) is 19.8. The van der Waals surface area contributed by atoms with Crippen LogP contribution in [0.5, 0.6) is 17.2 Å². The summed E-state index contributed by atoms with van der Waals surface area (Å²) in [7, 11) is 2.21. The number of hydrogen-bond acceptors (Lipinski definition) is 13. The Kier molecular flexibility index (Phi) is 7.01. The molecule has 4 heterocycles. The third kappa shape index (κ3) is 3.83. The Morgan fingerprint density at radius 1 is 1.05 bits per heavy atom. The topological polar surface area (TPSA) is 162 Å². The fourth-order valence-corrected chi connectivity index (χ4v) is 6.25. The molecule has 1 spiro atoms. The molecule has 5 aliphatic rings. The van der Waals surface area contributed by atoms with Crippen LogP contribution in [-0.2, 0) is 48.3 Å². The highest BCUT2D eigenvalue weighted by molar-refractivity contribution is 5.91. The number of carbonyl (C=O) groups excluding carboxylic acids is 4. The minimum absolute atomic E-state index is 0.0553. The largest absolute Gasteiger partial charge is 0.488 e. The van der Waals surface area contributed by atoms with Crippen LogP contribution in [0.25, 0.3) is 0 Å². The third-order valence-corrected chi connectivity index (χ3v) is 8.63. The zero-order valence-electron chi connectivity index (χ0n) is 24.2. The first-order valence-corrected chi connectivity index (χ1v) is 13.2. The molecule has 0 radical (unpaired) electrons. The van der Waals surface area contributed by atoms with Gasteiger partial charge in [0, 0.05) is 41.2 Å². The summed E-state index contributed by atoms with van der Waals surface area (Å²) >= 11 is 0. The Morgan fingerprint density at radius 3 is 2.38 bits per heavy atom. The van der Waals surface area contributed by atoms with Crippen molar-refractivity contribution >= 4 is 23.9 Å². The second-order valence-electron chi connectivity index (χ2n) is 10.7. The Balaban J connectivity index is 1.96. The van der Waals surface area contributed by atoms with Crippen molar-refractivity contribution in [3.63, 3.8) is 0 Å². The van der Waals surface area contributed by atoms with E-state index >= 15 is 0 Å². The number of ether oxygens (including phenoxy) is 8. The number of hydrogen-bond donors (Lipinski definition) is 1. The van der Waals surface area contributed by atoms with Crippen molar-refractivity contribution in [3.8, 4) is 17.2 Å². The van der Waals surface area contributed by atoms with Crippen LogP contribution >= 0.6 is 0 Å². The molecule has 6 rings (SSSR count). The Labute approximate surface area is 241 Å². The Morgan fingerprint density at radius 2 is 1.76 bits per heavy atom. The SMILES string of the molecule is C/C=C(/C)C(=O)O[C@H]1C(=CC(=O)OC)[C@@]23COc4c5c(cc(c42)[C@H](OC(C)=O)[C@H](C)[C@]1(C)O[C@]3(O)C(=O)OC)OCO5. The number of fused-ring (bicyclic) bond motifs is 5. The van der Waals surface area contributed by atoms with Gasteiger partial charge in [0.1, 0.15) is 23.7 Å². The molecule has 1 saturated heterocycles. The summed E-state index contributed by atoms with van der Waals surface area (Å²) in [5, 5.41) is 12.4. The molecule has 0 amide bonds. The highest BCUT2D eigenvalue weighted by Crippen LogP contribution is 2.67. The second-order valence-corrected chi connectivity index (χ2v) is 10.7. The van der Waals surface area contributed by atoms with Crippen molar-refractivity contribution in [1.82, 2.24) is 0 Å².